The van der Waals surface area contributed by atoms with Crippen molar-refractivity contribution in [3.8, 4) is 0 Å². The third-order valence-corrected chi connectivity index (χ3v) is 8.77. The van der Waals surface area contributed by atoms with Crippen LogP contribution in [-0.4, -0.2) is 50.7 Å². The van der Waals surface area contributed by atoms with Crippen LogP contribution in [0.3, 0.4) is 0 Å². The molecule has 3 unspecified atom stereocenters. The van der Waals surface area contributed by atoms with Gasteiger partial charge in [0, 0.05) is 0 Å². The van der Waals surface area contributed by atoms with Crippen molar-refractivity contribution in [2.24, 2.45) is 11.7 Å². The van der Waals surface area contributed by atoms with Gasteiger partial charge in [-0.25, -0.2) is 0 Å². The van der Waals surface area contributed by atoms with Gasteiger partial charge in [-0.15, -0.1) is 0 Å². The summed E-state index contributed by atoms with van der Waals surface area (Å²) < 4.78 is 0. The number of aliphatic carboxylic acids is 1. The second kappa shape index (κ2) is 30.1. The van der Waals surface area contributed by atoms with Gasteiger partial charge in [0.25, 0.3) is 0 Å². The zero-order valence-corrected chi connectivity index (χ0v) is 27.7. The summed E-state index contributed by atoms with van der Waals surface area (Å²) in [6.07, 6.45) is 30.2. The highest BCUT2D eigenvalue weighted by Gasteiger charge is 2.33. The average molecular weight is 598 g/mol. The van der Waals surface area contributed by atoms with Crippen LogP contribution in [0.2, 0.25) is 0 Å². The molecular weight excluding hydrogens is 526 g/mol. The number of carbonyl (C=O) groups is 1. The molecule has 0 aliphatic rings. The van der Waals surface area contributed by atoms with E-state index in [1.54, 1.807) is 0 Å². The summed E-state index contributed by atoms with van der Waals surface area (Å²) in [6, 6.07) is -1.11. The fourth-order valence-electron chi connectivity index (χ4n) is 5.78. The molecule has 5 atom stereocenters. The van der Waals surface area contributed by atoms with E-state index in [4.69, 9.17) is 5.73 Å². The maximum Gasteiger partial charge on any atom is 0.309 e. The second-order valence-electron chi connectivity index (χ2n) is 12.8. The summed E-state index contributed by atoms with van der Waals surface area (Å²) in [5.74, 6) is -2.08. The van der Waals surface area contributed by atoms with Crippen LogP contribution in [0.15, 0.2) is 12.2 Å². The first-order valence-electron chi connectivity index (χ1n) is 18.1. The molecular formula is C36H71NO5. The lowest BCUT2D eigenvalue weighted by Crippen LogP contribution is -2.49. The molecule has 0 saturated heterocycles. The number of hydrogen-bond acceptors (Lipinski definition) is 5. The molecule has 42 heavy (non-hydrogen) atoms. The Bertz CT molecular complexity index is 614. The van der Waals surface area contributed by atoms with Crippen molar-refractivity contribution in [2.45, 2.75) is 205 Å². The molecule has 0 amide bonds. The van der Waals surface area contributed by atoms with Gasteiger partial charge in [0.2, 0.25) is 0 Å². The van der Waals surface area contributed by atoms with Crippen LogP contribution >= 0.6 is 0 Å². The maximum atomic E-state index is 11.8. The molecule has 0 rings (SSSR count). The highest BCUT2D eigenvalue weighted by Crippen LogP contribution is 2.20. The molecule has 0 radical (unpaired) electrons. The van der Waals surface area contributed by atoms with Gasteiger partial charge in [-0.2, -0.15) is 0 Å². The van der Waals surface area contributed by atoms with Gasteiger partial charge in [0.05, 0.1) is 30.3 Å². The number of rotatable bonds is 32. The van der Waals surface area contributed by atoms with Crippen LogP contribution in [0.4, 0.5) is 0 Å². The molecule has 6 nitrogen and oxygen atoms in total. The predicted octanol–water partition coefficient (Wildman–Crippen LogP) is 8.84. The molecule has 0 aliphatic heterocycles. The van der Waals surface area contributed by atoms with Crippen LogP contribution < -0.4 is 5.73 Å². The van der Waals surface area contributed by atoms with Gasteiger partial charge < -0.3 is 26.2 Å². The lowest BCUT2D eigenvalue weighted by atomic mass is 9.88. The molecule has 0 aromatic rings. The van der Waals surface area contributed by atoms with Crippen molar-refractivity contribution >= 4 is 5.97 Å². The average Bonchev–Trinajstić information content (AvgIpc) is 2.98. The molecule has 0 spiro atoms. The Morgan fingerprint density at radius 2 is 0.881 bits per heavy atom. The lowest BCUT2D eigenvalue weighted by Gasteiger charge is -2.27. The van der Waals surface area contributed by atoms with E-state index in [0.29, 0.717) is 12.8 Å². The number of carboxylic acid groups (broad SMARTS) is 1. The minimum Gasteiger partial charge on any atom is -0.481 e. The lowest BCUT2D eigenvalue weighted by molar-refractivity contribution is -0.147. The number of carboxylic acids is 1. The van der Waals surface area contributed by atoms with E-state index in [9.17, 15) is 25.2 Å². The zero-order chi connectivity index (χ0) is 31.3. The van der Waals surface area contributed by atoms with E-state index >= 15 is 0 Å². The summed E-state index contributed by atoms with van der Waals surface area (Å²) in [7, 11) is 0. The molecule has 0 heterocycles. The summed E-state index contributed by atoms with van der Waals surface area (Å²) >= 11 is 0. The van der Waals surface area contributed by atoms with Crippen molar-refractivity contribution in [3.05, 3.63) is 12.2 Å². The Balaban J connectivity index is 4.03. The highest BCUT2D eigenvalue weighted by atomic mass is 16.4. The molecule has 6 heteroatoms. The topological polar surface area (TPSA) is 124 Å². The number of aliphatic hydroxyl groups excluding tert-OH is 3. The molecule has 0 fully saturated rings. The van der Waals surface area contributed by atoms with Crippen molar-refractivity contribution in [1.82, 2.24) is 0 Å². The first-order valence-corrected chi connectivity index (χ1v) is 18.1. The molecule has 0 aromatic carbocycles. The molecule has 0 aromatic heterocycles. The fourth-order valence-corrected chi connectivity index (χ4v) is 5.78. The van der Waals surface area contributed by atoms with Crippen molar-refractivity contribution in [1.29, 1.82) is 0 Å². The molecule has 0 bridgehead atoms. The number of aliphatic hydroxyl groups is 3. The van der Waals surface area contributed by atoms with E-state index in [-0.39, 0.29) is 0 Å². The Kier molecular flexibility index (Phi) is 29.4. The number of nitrogens with two attached hydrogens (primary N) is 1. The summed E-state index contributed by atoms with van der Waals surface area (Å²) in [6.45, 7) is 4.49. The van der Waals surface area contributed by atoms with Crippen molar-refractivity contribution in [3.63, 3.8) is 0 Å². The molecule has 0 saturated carbocycles. The highest BCUT2D eigenvalue weighted by molar-refractivity contribution is 5.70. The van der Waals surface area contributed by atoms with E-state index in [1.807, 2.05) is 0 Å². The maximum absolute atomic E-state index is 11.8. The van der Waals surface area contributed by atoms with Crippen molar-refractivity contribution < 1.29 is 25.2 Å². The Morgan fingerprint density at radius 3 is 1.24 bits per heavy atom. The third kappa shape index (κ3) is 24.5. The van der Waals surface area contributed by atoms with E-state index in [2.05, 4.69) is 13.8 Å². The molecule has 250 valence electrons. The van der Waals surface area contributed by atoms with Crippen LogP contribution in [-0.2, 0) is 4.79 Å². The summed E-state index contributed by atoms with van der Waals surface area (Å²) in [4.78, 5) is 11.8. The fraction of sp³-hybridized carbons (Fsp3) is 0.917. The normalized spacial score (nSPS) is 15.6. The van der Waals surface area contributed by atoms with Gasteiger partial charge >= 0.3 is 5.97 Å². The first kappa shape index (κ1) is 41.0. The first-order chi connectivity index (χ1) is 20.3. The van der Waals surface area contributed by atoms with Crippen LogP contribution in [0.5, 0.6) is 0 Å². The largest absolute Gasteiger partial charge is 0.481 e. The standard InChI is InChI=1S/C36H71NO5/c1-3-5-7-9-11-13-15-16-17-18-20-22-24-26-28-32(36(41)42)35(40)34(37)33(39)30-29-31(38)27-25-23-21-19-14-12-10-8-6-4-2/h29-35,38-40H,3-28,37H2,1-2H3,(H,41,42)/b30-29+/t31?,32?,33-,34-,35?/m1/s1. The quantitative estimate of drug-likeness (QED) is 0.0390. The Labute approximate surface area is 260 Å². The zero-order valence-electron chi connectivity index (χ0n) is 27.7. The summed E-state index contributed by atoms with van der Waals surface area (Å²) in [5.41, 5.74) is 6.05. The number of hydrogen-bond donors (Lipinski definition) is 5. The molecule has 6 N–H and O–H groups in total. The third-order valence-electron chi connectivity index (χ3n) is 8.77. The molecule has 0 aliphatic carbocycles. The van der Waals surface area contributed by atoms with Crippen molar-refractivity contribution in [2.75, 3.05) is 0 Å². The SMILES string of the molecule is CCCCCCCCCCCCCCCCC(C(=O)O)C(O)[C@H](N)[C@H](O)/C=C/C(O)CCCCCCCCCCCC. The Morgan fingerprint density at radius 1 is 0.548 bits per heavy atom. The van der Waals surface area contributed by atoms with E-state index in [0.717, 1.165) is 32.1 Å². The smallest absolute Gasteiger partial charge is 0.309 e. The minimum absolute atomic E-state index is 0.347. The number of unbranched alkanes of at least 4 members (excludes halogenated alkanes) is 22. The van der Waals surface area contributed by atoms with E-state index < -0.39 is 36.2 Å². The van der Waals surface area contributed by atoms with Crippen LogP contribution in [0, 0.1) is 5.92 Å². The Hall–Kier alpha value is -0.950. The predicted molar refractivity (Wildman–Crippen MR) is 178 cm³/mol. The van der Waals surface area contributed by atoms with Crippen LogP contribution in [0.1, 0.15) is 181 Å². The monoisotopic (exact) mass is 598 g/mol. The minimum atomic E-state index is -1.34. The van der Waals surface area contributed by atoms with Gasteiger partial charge in [0.15, 0.2) is 0 Å². The summed E-state index contributed by atoms with van der Waals surface area (Å²) in [5, 5.41) is 41.0. The van der Waals surface area contributed by atoms with Gasteiger partial charge in [0.1, 0.15) is 0 Å². The van der Waals surface area contributed by atoms with Gasteiger partial charge in [-0.1, -0.05) is 180 Å². The van der Waals surface area contributed by atoms with Crippen LogP contribution in [0.25, 0.3) is 0 Å². The van der Waals surface area contributed by atoms with Gasteiger partial charge in [-0.3, -0.25) is 4.79 Å². The second-order valence-corrected chi connectivity index (χ2v) is 12.8. The van der Waals surface area contributed by atoms with E-state index in [1.165, 1.54) is 134 Å². The van der Waals surface area contributed by atoms with Gasteiger partial charge in [-0.05, 0) is 12.8 Å².